The van der Waals surface area contributed by atoms with Crippen molar-refractivity contribution in [3.63, 3.8) is 0 Å². The van der Waals surface area contributed by atoms with Gasteiger partial charge in [-0.15, -0.1) is 0 Å². The van der Waals surface area contributed by atoms with Crippen LogP contribution in [0.4, 0.5) is 0 Å². The second kappa shape index (κ2) is 18.0. The van der Waals surface area contributed by atoms with E-state index in [0.717, 1.165) is 134 Å². The van der Waals surface area contributed by atoms with Crippen molar-refractivity contribution in [2.75, 3.05) is 98.3 Å². The summed E-state index contributed by atoms with van der Waals surface area (Å²) in [6, 6.07) is 24.2. The fourth-order valence-corrected chi connectivity index (χ4v) is 10.9. The number of aliphatic hydroxyl groups is 1. The largest absolute Gasteiger partial charge is 0.390 e. The van der Waals surface area contributed by atoms with Gasteiger partial charge in [-0.1, -0.05) is 55.1 Å². The minimum Gasteiger partial charge on any atom is -0.390 e. The molecule has 4 aromatic carbocycles. The predicted octanol–water partition coefficient (Wildman–Crippen LogP) is 6.89. The Morgan fingerprint density at radius 1 is 0.621 bits per heavy atom. The highest BCUT2D eigenvalue weighted by molar-refractivity contribution is 9.10. The molecular weight excluding hydrogens is 903 g/mol. The number of β-amino-alcohol motifs (C(OH)–C–C–N with tert-alkyl or cyclic N) is 1. The normalized spacial score (nSPS) is 20.4. The van der Waals surface area contributed by atoms with Gasteiger partial charge in [0, 0.05) is 166 Å². The molecule has 0 bridgehead atoms. The number of nitrogens with zero attached hydrogens (tertiary/aromatic N) is 6. The first-order valence-electron chi connectivity index (χ1n) is 20.6. The summed E-state index contributed by atoms with van der Waals surface area (Å²) >= 11 is 20.8. The van der Waals surface area contributed by atoms with E-state index in [1.165, 1.54) is 10.8 Å². The van der Waals surface area contributed by atoms with Gasteiger partial charge in [-0.25, -0.2) is 0 Å². The Morgan fingerprint density at radius 2 is 1.12 bits per heavy atom. The van der Waals surface area contributed by atoms with Crippen LogP contribution in [0.3, 0.4) is 0 Å². The lowest BCUT2D eigenvalue weighted by atomic mass is 9.91. The molecule has 2 aromatic heterocycles. The first-order chi connectivity index (χ1) is 28.2. The van der Waals surface area contributed by atoms with Crippen molar-refractivity contribution in [1.82, 2.24) is 34.1 Å². The summed E-state index contributed by atoms with van der Waals surface area (Å²) < 4.78 is 12.4. The third kappa shape index (κ3) is 8.47. The maximum atomic E-state index is 13.0. The number of hydrogen-bond acceptors (Lipinski definition) is 8. The van der Waals surface area contributed by atoms with E-state index in [1.54, 1.807) is 0 Å². The number of piperazine rings is 2. The number of nitrogens with two attached hydrogens (primary N) is 1. The summed E-state index contributed by atoms with van der Waals surface area (Å²) in [7, 11) is 0. The van der Waals surface area contributed by atoms with Gasteiger partial charge in [-0.2, -0.15) is 0 Å². The molecule has 308 valence electrons. The van der Waals surface area contributed by atoms with E-state index in [2.05, 4.69) is 114 Å². The lowest BCUT2D eigenvalue weighted by molar-refractivity contribution is -0.00181. The van der Waals surface area contributed by atoms with Crippen LogP contribution < -0.4 is 11.1 Å². The number of ether oxygens (including phenoxy) is 1. The first kappa shape index (κ1) is 41.1. The fourth-order valence-electron chi connectivity index (χ4n) is 9.83. The predicted molar refractivity (Wildman–Crippen MR) is 246 cm³/mol. The Bertz CT molecular complexity index is 2270. The second-order valence-electron chi connectivity index (χ2n) is 16.2. The van der Waals surface area contributed by atoms with Gasteiger partial charge in [0.1, 0.15) is 0 Å². The third-order valence-corrected chi connectivity index (χ3v) is 14.2. The lowest BCUT2D eigenvalue weighted by Crippen LogP contribution is -2.61. The van der Waals surface area contributed by atoms with Crippen LogP contribution in [0.15, 0.2) is 81.7 Å². The van der Waals surface area contributed by atoms with Crippen LogP contribution in [0.25, 0.3) is 43.6 Å². The quantitative estimate of drug-likeness (QED) is 0.122. The molecule has 3 aliphatic rings. The molecule has 6 aromatic rings. The van der Waals surface area contributed by atoms with Crippen molar-refractivity contribution in [3.05, 3.63) is 91.8 Å². The minimum absolute atomic E-state index is 0.226. The molecule has 0 aliphatic carbocycles. The van der Waals surface area contributed by atoms with Crippen molar-refractivity contribution in [1.29, 1.82) is 0 Å². The number of fused-ring (bicyclic) bond motifs is 6. The topological polar surface area (TPSA) is 90.3 Å². The van der Waals surface area contributed by atoms with E-state index < -0.39 is 12.1 Å². The highest BCUT2D eigenvalue weighted by Crippen LogP contribution is 2.40. The highest BCUT2D eigenvalue weighted by Gasteiger charge is 2.41. The van der Waals surface area contributed by atoms with Crippen molar-refractivity contribution in [2.45, 2.75) is 30.8 Å². The lowest BCUT2D eigenvalue weighted by Gasteiger charge is -2.46. The maximum absolute atomic E-state index is 13.0. The summed E-state index contributed by atoms with van der Waals surface area (Å²) in [5.74, 6) is 0. The van der Waals surface area contributed by atoms with Crippen LogP contribution >= 0.6 is 55.1 Å². The van der Waals surface area contributed by atoms with E-state index >= 15 is 0 Å². The molecule has 10 nitrogen and oxygen atoms in total. The number of hydrogen-bond donors (Lipinski definition) is 3. The number of halogens is 4. The van der Waals surface area contributed by atoms with Crippen molar-refractivity contribution in [2.24, 2.45) is 5.73 Å². The van der Waals surface area contributed by atoms with E-state index in [9.17, 15) is 5.11 Å². The number of rotatable bonds is 12. The van der Waals surface area contributed by atoms with E-state index in [0.29, 0.717) is 23.1 Å². The van der Waals surface area contributed by atoms with Gasteiger partial charge in [0.2, 0.25) is 0 Å². The molecule has 3 aliphatic heterocycles. The average molecular weight is 956 g/mol. The fraction of sp³-hybridized carbons (Fsp3) is 0.455. The van der Waals surface area contributed by atoms with Crippen LogP contribution in [-0.4, -0.2) is 150 Å². The molecule has 0 radical (unpaired) electrons. The van der Waals surface area contributed by atoms with Crippen molar-refractivity contribution >= 4 is 98.7 Å². The summed E-state index contributed by atoms with van der Waals surface area (Å²) in [6.07, 6.45) is -0.735. The summed E-state index contributed by atoms with van der Waals surface area (Å²) in [4.78, 5) is 10.1. The van der Waals surface area contributed by atoms with Gasteiger partial charge >= 0.3 is 0 Å². The van der Waals surface area contributed by atoms with Crippen LogP contribution in [0, 0.1) is 0 Å². The van der Waals surface area contributed by atoms with E-state index in [-0.39, 0.29) is 12.1 Å². The van der Waals surface area contributed by atoms with Crippen molar-refractivity contribution < 1.29 is 9.84 Å². The van der Waals surface area contributed by atoms with Crippen LogP contribution in [0.1, 0.15) is 6.04 Å². The molecule has 14 heteroatoms. The Morgan fingerprint density at radius 3 is 1.69 bits per heavy atom. The number of morpholine rings is 1. The molecule has 0 spiro atoms. The first-order valence-corrected chi connectivity index (χ1v) is 22.9. The zero-order valence-electron chi connectivity index (χ0n) is 32.7. The maximum Gasteiger partial charge on any atom is 0.0890 e. The molecule has 4 N–H and O–H groups in total. The summed E-state index contributed by atoms with van der Waals surface area (Å²) in [5.41, 5.74) is 12.0. The Kier molecular flexibility index (Phi) is 12.7. The van der Waals surface area contributed by atoms with Gasteiger partial charge in [0.05, 0.1) is 25.4 Å². The summed E-state index contributed by atoms with van der Waals surface area (Å²) in [5, 5.41) is 22.3. The second-order valence-corrected chi connectivity index (χ2v) is 18.9. The molecule has 9 rings (SSSR count). The van der Waals surface area contributed by atoms with E-state index in [1.807, 2.05) is 24.3 Å². The standard InChI is InChI=1S/C44H52Br2Cl2N8O2/c45-29-1-5-38-33(23-29)34-24-30(46)2-6-39(34)55(38)27-37(49)43(54-11-9-50-10-12-54)44(56-40-7-3-31(47)25-35(40)36-26-32(48)4-8-41(36)56)42(57)28-53-17-15-51(16-18-53)13-14-52-19-21-58-22-20-52/h1-8,23-26,37,42-44,50,57H,9-22,27-28,49H2/t37?,42-,43?,44?/m0/s1. The minimum atomic E-state index is -0.735. The Balaban J connectivity index is 1.10. The van der Waals surface area contributed by atoms with Gasteiger partial charge in [-0.3, -0.25) is 19.6 Å². The van der Waals surface area contributed by atoms with Gasteiger partial charge in [0.15, 0.2) is 0 Å². The molecule has 0 saturated carbocycles. The smallest absolute Gasteiger partial charge is 0.0890 e. The summed E-state index contributed by atoms with van der Waals surface area (Å²) in [6.45, 7) is 14.0. The molecule has 3 fully saturated rings. The Labute approximate surface area is 367 Å². The monoisotopic (exact) mass is 952 g/mol. The molecule has 4 atom stereocenters. The van der Waals surface area contributed by atoms with Crippen molar-refractivity contribution in [3.8, 4) is 0 Å². The van der Waals surface area contributed by atoms with Crippen LogP contribution in [-0.2, 0) is 11.3 Å². The number of aliphatic hydroxyl groups excluding tert-OH is 1. The van der Waals surface area contributed by atoms with Gasteiger partial charge in [-0.05, 0) is 72.8 Å². The molecule has 5 heterocycles. The molecular formula is C44H52Br2Cl2N8O2. The molecule has 3 saturated heterocycles. The Hall–Kier alpha value is -2.30. The van der Waals surface area contributed by atoms with Crippen LogP contribution in [0.5, 0.6) is 0 Å². The van der Waals surface area contributed by atoms with Crippen LogP contribution in [0.2, 0.25) is 10.0 Å². The highest BCUT2D eigenvalue weighted by atomic mass is 79.9. The zero-order chi connectivity index (χ0) is 39.9. The third-order valence-electron chi connectivity index (χ3n) is 12.7. The average Bonchev–Trinajstić information content (AvgIpc) is 3.70. The van der Waals surface area contributed by atoms with Gasteiger partial charge in [0.25, 0.3) is 0 Å². The molecule has 0 amide bonds. The van der Waals surface area contributed by atoms with Gasteiger partial charge < -0.3 is 30.0 Å². The number of nitrogens with one attached hydrogen (secondary N) is 1. The SMILES string of the molecule is NC(Cn1c2ccc(Br)cc2c2cc(Br)ccc21)C(C([C@@H](O)CN1CCN(CCN2CCOCC2)CC1)n1c2ccc(Cl)cc2c2cc(Cl)ccc21)N1CCNCC1. The molecule has 3 unspecified atom stereocenters. The number of aromatic nitrogens is 2. The zero-order valence-corrected chi connectivity index (χ0v) is 37.4. The van der Waals surface area contributed by atoms with E-state index in [4.69, 9.17) is 33.7 Å². The number of benzene rings is 4. The molecule has 58 heavy (non-hydrogen) atoms.